The molecule has 1 N–H and O–H groups in total. The Labute approximate surface area is 175 Å². The van der Waals surface area contributed by atoms with E-state index < -0.39 is 5.60 Å². The Balaban J connectivity index is 1.59. The SMILES string of the molecule is CC[C@](C)(O)c1cc(C2CCC(C)N(C(=O)c3ccccc3-n3nccn3)C2)no1. The van der Waals surface area contributed by atoms with Gasteiger partial charge in [-0.15, -0.1) is 0 Å². The van der Waals surface area contributed by atoms with Crippen LogP contribution in [-0.2, 0) is 5.60 Å². The molecule has 2 aromatic heterocycles. The minimum atomic E-state index is -1.04. The summed E-state index contributed by atoms with van der Waals surface area (Å²) in [6, 6.07) is 9.31. The van der Waals surface area contributed by atoms with Crippen LogP contribution in [0.2, 0.25) is 0 Å². The molecule has 0 saturated carbocycles. The van der Waals surface area contributed by atoms with Crippen LogP contribution in [0.1, 0.15) is 67.8 Å². The maximum Gasteiger partial charge on any atom is 0.256 e. The number of likely N-dealkylation sites (tertiary alicyclic amines) is 1. The predicted octanol–water partition coefficient (Wildman–Crippen LogP) is 3.28. The summed E-state index contributed by atoms with van der Waals surface area (Å²) in [4.78, 5) is 16.8. The summed E-state index contributed by atoms with van der Waals surface area (Å²) in [6.07, 6.45) is 5.49. The summed E-state index contributed by atoms with van der Waals surface area (Å²) in [6.45, 7) is 6.23. The lowest BCUT2D eigenvalue weighted by Crippen LogP contribution is -2.45. The third-order valence-corrected chi connectivity index (χ3v) is 6.08. The maximum absolute atomic E-state index is 13.5. The lowest BCUT2D eigenvalue weighted by atomic mass is 9.89. The zero-order valence-corrected chi connectivity index (χ0v) is 17.5. The van der Waals surface area contributed by atoms with Crippen molar-refractivity contribution in [1.29, 1.82) is 0 Å². The zero-order chi connectivity index (χ0) is 21.3. The molecule has 1 amide bonds. The van der Waals surface area contributed by atoms with Crippen LogP contribution in [0.4, 0.5) is 0 Å². The number of aliphatic hydroxyl groups is 1. The van der Waals surface area contributed by atoms with Crippen LogP contribution in [0.25, 0.3) is 5.69 Å². The van der Waals surface area contributed by atoms with E-state index in [1.165, 1.54) is 4.80 Å². The topological polar surface area (TPSA) is 97.3 Å². The molecule has 3 aromatic rings. The Bertz CT molecular complexity index is 1010. The van der Waals surface area contributed by atoms with Crippen molar-refractivity contribution < 1.29 is 14.4 Å². The first-order valence-electron chi connectivity index (χ1n) is 10.4. The molecule has 30 heavy (non-hydrogen) atoms. The third-order valence-electron chi connectivity index (χ3n) is 6.08. The van der Waals surface area contributed by atoms with Crippen molar-refractivity contribution in [3.8, 4) is 5.69 Å². The number of piperidine rings is 1. The van der Waals surface area contributed by atoms with Crippen molar-refractivity contribution >= 4 is 5.91 Å². The fraction of sp³-hybridized carbons (Fsp3) is 0.455. The molecule has 8 heteroatoms. The Morgan fingerprint density at radius 3 is 2.73 bits per heavy atom. The van der Waals surface area contributed by atoms with Crippen LogP contribution in [0, 0.1) is 0 Å². The van der Waals surface area contributed by atoms with Gasteiger partial charge in [0.1, 0.15) is 5.60 Å². The van der Waals surface area contributed by atoms with Crippen molar-refractivity contribution in [2.75, 3.05) is 6.54 Å². The number of hydrogen-bond donors (Lipinski definition) is 1. The van der Waals surface area contributed by atoms with Crippen molar-refractivity contribution in [3.05, 3.63) is 59.7 Å². The number of nitrogens with zero attached hydrogens (tertiary/aromatic N) is 5. The first kappa shape index (κ1) is 20.3. The van der Waals surface area contributed by atoms with Gasteiger partial charge in [-0.3, -0.25) is 4.79 Å². The smallest absolute Gasteiger partial charge is 0.256 e. The lowest BCUT2D eigenvalue weighted by Gasteiger charge is -2.37. The number of para-hydroxylation sites is 1. The molecule has 3 atom stereocenters. The number of carbonyl (C=O) groups is 1. The molecule has 1 aliphatic heterocycles. The van der Waals surface area contributed by atoms with E-state index in [0.29, 0.717) is 30.0 Å². The van der Waals surface area contributed by atoms with Gasteiger partial charge in [0, 0.05) is 24.6 Å². The van der Waals surface area contributed by atoms with E-state index in [9.17, 15) is 9.90 Å². The summed E-state index contributed by atoms with van der Waals surface area (Å²) >= 11 is 0. The molecular weight excluding hydrogens is 382 g/mol. The number of carbonyl (C=O) groups excluding carboxylic acids is 1. The minimum Gasteiger partial charge on any atom is -0.382 e. The van der Waals surface area contributed by atoms with E-state index in [-0.39, 0.29) is 17.9 Å². The molecule has 1 fully saturated rings. The summed E-state index contributed by atoms with van der Waals surface area (Å²) in [5.41, 5.74) is 0.962. The zero-order valence-electron chi connectivity index (χ0n) is 17.5. The van der Waals surface area contributed by atoms with E-state index in [2.05, 4.69) is 22.3 Å². The molecule has 2 unspecified atom stereocenters. The number of amides is 1. The maximum atomic E-state index is 13.5. The van der Waals surface area contributed by atoms with Gasteiger partial charge in [0.25, 0.3) is 5.91 Å². The molecule has 1 aromatic carbocycles. The van der Waals surface area contributed by atoms with Crippen molar-refractivity contribution in [2.24, 2.45) is 0 Å². The summed E-state index contributed by atoms with van der Waals surface area (Å²) in [5.74, 6) is 0.473. The molecule has 1 saturated heterocycles. The lowest BCUT2D eigenvalue weighted by molar-refractivity contribution is 0.0243. The fourth-order valence-corrected chi connectivity index (χ4v) is 3.86. The molecule has 3 heterocycles. The van der Waals surface area contributed by atoms with Gasteiger partial charge in [0.15, 0.2) is 5.76 Å². The van der Waals surface area contributed by atoms with Crippen LogP contribution in [0.3, 0.4) is 0 Å². The highest BCUT2D eigenvalue weighted by atomic mass is 16.5. The van der Waals surface area contributed by atoms with E-state index in [0.717, 1.165) is 18.5 Å². The summed E-state index contributed by atoms with van der Waals surface area (Å²) in [5, 5.41) is 23.0. The van der Waals surface area contributed by atoms with Gasteiger partial charge in [-0.05, 0) is 45.2 Å². The van der Waals surface area contributed by atoms with E-state index >= 15 is 0 Å². The second kappa shape index (κ2) is 8.02. The molecule has 0 radical (unpaired) electrons. The largest absolute Gasteiger partial charge is 0.382 e. The summed E-state index contributed by atoms with van der Waals surface area (Å²) in [7, 11) is 0. The molecule has 0 aliphatic carbocycles. The van der Waals surface area contributed by atoms with Crippen LogP contribution < -0.4 is 0 Å². The fourth-order valence-electron chi connectivity index (χ4n) is 3.86. The predicted molar refractivity (Wildman–Crippen MR) is 110 cm³/mol. The Morgan fingerprint density at radius 1 is 1.27 bits per heavy atom. The Kier molecular flexibility index (Phi) is 5.42. The second-order valence-electron chi connectivity index (χ2n) is 8.16. The average molecular weight is 409 g/mol. The number of aromatic nitrogens is 4. The van der Waals surface area contributed by atoms with E-state index in [1.807, 2.05) is 42.2 Å². The van der Waals surface area contributed by atoms with Gasteiger partial charge < -0.3 is 14.5 Å². The Morgan fingerprint density at radius 2 is 2.00 bits per heavy atom. The highest BCUT2D eigenvalue weighted by molar-refractivity contribution is 5.98. The molecule has 8 nitrogen and oxygen atoms in total. The monoisotopic (exact) mass is 409 g/mol. The number of hydrogen-bond acceptors (Lipinski definition) is 6. The number of benzene rings is 1. The van der Waals surface area contributed by atoms with Crippen LogP contribution in [0.5, 0.6) is 0 Å². The molecule has 1 aliphatic rings. The quantitative estimate of drug-likeness (QED) is 0.695. The van der Waals surface area contributed by atoms with Gasteiger partial charge in [-0.2, -0.15) is 15.0 Å². The molecule has 0 bridgehead atoms. The van der Waals surface area contributed by atoms with Crippen LogP contribution >= 0.6 is 0 Å². The first-order valence-corrected chi connectivity index (χ1v) is 10.4. The summed E-state index contributed by atoms with van der Waals surface area (Å²) < 4.78 is 5.43. The molecule has 0 spiro atoms. The van der Waals surface area contributed by atoms with E-state index in [1.54, 1.807) is 19.3 Å². The van der Waals surface area contributed by atoms with E-state index in [4.69, 9.17) is 4.52 Å². The van der Waals surface area contributed by atoms with Crippen molar-refractivity contribution in [2.45, 2.75) is 57.6 Å². The van der Waals surface area contributed by atoms with Gasteiger partial charge in [-0.1, -0.05) is 24.2 Å². The molecule has 4 rings (SSSR count). The van der Waals surface area contributed by atoms with Gasteiger partial charge in [0.05, 0.1) is 29.3 Å². The Hall–Kier alpha value is -3.00. The first-order chi connectivity index (χ1) is 14.4. The van der Waals surface area contributed by atoms with Crippen LogP contribution in [0.15, 0.2) is 47.2 Å². The third kappa shape index (κ3) is 3.75. The number of rotatable bonds is 5. The molecular formula is C22H27N5O3. The standard InChI is InChI=1S/C22H27N5O3/c1-4-22(3,29)20-13-18(25-30-20)16-10-9-15(2)26(14-16)21(28)17-7-5-6-8-19(17)27-23-11-12-24-27/h5-8,11-13,15-16,29H,4,9-10,14H2,1-3H3/t15?,16?,22-/m0/s1. The van der Waals surface area contributed by atoms with Gasteiger partial charge >= 0.3 is 0 Å². The van der Waals surface area contributed by atoms with Gasteiger partial charge in [0.2, 0.25) is 0 Å². The molecule has 158 valence electrons. The minimum absolute atomic E-state index is 0.0515. The second-order valence-corrected chi connectivity index (χ2v) is 8.16. The average Bonchev–Trinajstić information content (AvgIpc) is 3.46. The van der Waals surface area contributed by atoms with Crippen molar-refractivity contribution in [3.63, 3.8) is 0 Å². The van der Waals surface area contributed by atoms with Crippen molar-refractivity contribution in [1.82, 2.24) is 25.1 Å². The highest BCUT2D eigenvalue weighted by Gasteiger charge is 2.34. The normalized spacial score (nSPS) is 21.4. The highest BCUT2D eigenvalue weighted by Crippen LogP contribution is 2.33. The van der Waals surface area contributed by atoms with Crippen LogP contribution in [-0.4, -0.2) is 48.7 Å². The van der Waals surface area contributed by atoms with Gasteiger partial charge in [-0.25, -0.2) is 0 Å².